The number of hydrogen-bond donors (Lipinski definition) is 2. The third-order valence-electron chi connectivity index (χ3n) is 1.43. The van der Waals surface area contributed by atoms with E-state index in [4.69, 9.17) is 11.6 Å². The van der Waals surface area contributed by atoms with Crippen LogP contribution in [0.5, 0.6) is 0 Å². The molecule has 5 nitrogen and oxygen atoms in total. The maximum atomic E-state index is 11.8. The van der Waals surface area contributed by atoms with Gasteiger partial charge in [-0.2, -0.15) is 15.0 Å². The summed E-state index contributed by atoms with van der Waals surface area (Å²) >= 11 is 5.63. The molecule has 0 aliphatic rings. The van der Waals surface area contributed by atoms with E-state index in [1.54, 1.807) is 7.05 Å². The van der Waals surface area contributed by atoms with Crippen LogP contribution in [0, 0.1) is 0 Å². The molecule has 0 saturated heterocycles. The van der Waals surface area contributed by atoms with Gasteiger partial charge in [0.1, 0.15) is 0 Å². The van der Waals surface area contributed by atoms with Crippen molar-refractivity contribution >= 4 is 23.5 Å². The lowest BCUT2D eigenvalue weighted by Gasteiger charge is -2.04. The van der Waals surface area contributed by atoms with Crippen LogP contribution in [0.25, 0.3) is 0 Å². The van der Waals surface area contributed by atoms with Crippen molar-refractivity contribution in [3.8, 4) is 0 Å². The first-order valence-electron chi connectivity index (χ1n) is 4.15. The zero-order valence-electron chi connectivity index (χ0n) is 7.72. The summed E-state index contributed by atoms with van der Waals surface area (Å²) < 4.78 is 11.8. The monoisotopic (exact) mass is 219 g/mol. The van der Waals surface area contributed by atoms with Crippen molar-refractivity contribution in [2.75, 3.05) is 30.9 Å². The molecule has 0 aliphatic carbocycles. The first-order chi connectivity index (χ1) is 6.76. The minimum atomic E-state index is -0.370. The van der Waals surface area contributed by atoms with Gasteiger partial charge in [-0.3, -0.25) is 4.39 Å². The molecule has 1 heterocycles. The van der Waals surface area contributed by atoms with Gasteiger partial charge in [0, 0.05) is 13.6 Å². The van der Waals surface area contributed by atoms with E-state index in [1.165, 1.54) is 0 Å². The molecule has 0 bridgehead atoms. The lowest BCUT2D eigenvalue weighted by atomic mass is 10.5. The normalized spacial score (nSPS) is 9.93. The molecule has 0 radical (unpaired) electrons. The van der Waals surface area contributed by atoms with Crippen molar-refractivity contribution < 1.29 is 4.39 Å². The number of anilines is 2. The Bertz CT molecular complexity index is 295. The summed E-state index contributed by atoms with van der Waals surface area (Å²) in [5.41, 5.74) is 0. The molecule has 78 valence electrons. The molecule has 1 aromatic heterocycles. The van der Waals surface area contributed by atoms with Gasteiger partial charge in [0.25, 0.3) is 0 Å². The topological polar surface area (TPSA) is 62.7 Å². The number of rotatable bonds is 5. The van der Waals surface area contributed by atoms with Gasteiger partial charge in [0.15, 0.2) is 0 Å². The van der Waals surface area contributed by atoms with Gasteiger partial charge in [-0.1, -0.05) is 0 Å². The Morgan fingerprint density at radius 3 is 2.64 bits per heavy atom. The predicted molar refractivity (Wildman–Crippen MR) is 53.5 cm³/mol. The SMILES string of the molecule is CNc1nc(Cl)nc(NCCCF)n1. The maximum Gasteiger partial charge on any atom is 0.228 e. The molecule has 2 N–H and O–H groups in total. The number of nitrogens with one attached hydrogen (secondary N) is 2. The van der Waals surface area contributed by atoms with Crippen molar-refractivity contribution in [1.82, 2.24) is 15.0 Å². The van der Waals surface area contributed by atoms with E-state index in [0.717, 1.165) is 0 Å². The molecule has 7 heteroatoms. The summed E-state index contributed by atoms with van der Waals surface area (Å²) in [6.07, 6.45) is 0.415. The van der Waals surface area contributed by atoms with Crippen molar-refractivity contribution in [3.63, 3.8) is 0 Å². The highest BCUT2D eigenvalue weighted by atomic mass is 35.5. The van der Waals surface area contributed by atoms with E-state index in [2.05, 4.69) is 25.6 Å². The average molecular weight is 220 g/mol. The Labute approximate surface area is 86.1 Å². The molecule has 0 fully saturated rings. The summed E-state index contributed by atoms with van der Waals surface area (Å²) in [6, 6.07) is 0. The number of hydrogen-bond acceptors (Lipinski definition) is 5. The van der Waals surface area contributed by atoms with Crippen LogP contribution < -0.4 is 10.6 Å². The predicted octanol–water partition coefficient (Wildman–Crippen LogP) is 1.34. The number of halogens is 2. The second kappa shape index (κ2) is 5.54. The molecular weight excluding hydrogens is 209 g/mol. The molecule has 0 atom stereocenters. The largest absolute Gasteiger partial charge is 0.357 e. The Hall–Kier alpha value is -1.17. The van der Waals surface area contributed by atoms with Gasteiger partial charge >= 0.3 is 0 Å². The summed E-state index contributed by atoms with van der Waals surface area (Å²) in [5.74, 6) is 0.732. The zero-order chi connectivity index (χ0) is 10.4. The van der Waals surface area contributed by atoms with Gasteiger partial charge in [0.2, 0.25) is 17.2 Å². The quantitative estimate of drug-likeness (QED) is 0.732. The van der Waals surface area contributed by atoms with E-state index >= 15 is 0 Å². The fourth-order valence-corrected chi connectivity index (χ4v) is 0.968. The van der Waals surface area contributed by atoms with Gasteiger partial charge in [-0.25, -0.2) is 0 Å². The smallest absolute Gasteiger partial charge is 0.228 e. The first kappa shape index (κ1) is 10.9. The van der Waals surface area contributed by atoms with Crippen molar-refractivity contribution in [1.29, 1.82) is 0 Å². The first-order valence-corrected chi connectivity index (χ1v) is 4.53. The molecule has 14 heavy (non-hydrogen) atoms. The summed E-state index contributed by atoms with van der Waals surface area (Å²) in [5, 5.41) is 5.68. The molecule has 0 amide bonds. The van der Waals surface area contributed by atoms with Crippen LogP contribution in [0.1, 0.15) is 6.42 Å². The summed E-state index contributed by atoms with van der Waals surface area (Å²) in [4.78, 5) is 11.6. The average Bonchev–Trinajstić information content (AvgIpc) is 2.17. The maximum absolute atomic E-state index is 11.8. The molecular formula is C7H11ClFN5. The third-order valence-corrected chi connectivity index (χ3v) is 1.59. The highest BCUT2D eigenvalue weighted by Gasteiger charge is 2.02. The summed E-state index contributed by atoms with van der Waals surface area (Å²) in [6.45, 7) is 0.102. The Kier molecular flexibility index (Phi) is 4.31. The van der Waals surface area contributed by atoms with Gasteiger partial charge < -0.3 is 10.6 Å². The van der Waals surface area contributed by atoms with Crippen LogP contribution in [0.3, 0.4) is 0 Å². The molecule has 1 rings (SSSR count). The third kappa shape index (κ3) is 3.29. The van der Waals surface area contributed by atoms with E-state index in [9.17, 15) is 4.39 Å². The van der Waals surface area contributed by atoms with E-state index in [-0.39, 0.29) is 12.0 Å². The number of nitrogens with zero attached hydrogens (tertiary/aromatic N) is 3. The fraction of sp³-hybridized carbons (Fsp3) is 0.571. The Morgan fingerprint density at radius 1 is 1.29 bits per heavy atom. The molecule has 1 aromatic rings. The molecule has 0 aliphatic heterocycles. The van der Waals surface area contributed by atoms with Crippen LogP contribution in [0.2, 0.25) is 5.28 Å². The lowest BCUT2D eigenvalue weighted by Crippen LogP contribution is -2.08. The number of aromatic nitrogens is 3. The standard InChI is InChI=1S/C7H11ClFN5/c1-10-6-12-5(8)13-7(14-6)11-4-2-3-9/h2-4H2,1H3,(H2,10,11,12,13,14). The van der Waals surface area contributed by atoms with E-state index in [1.807, 2.05) is 0 Å². The van der Waals surface area contributed by atoms with Gasteiger partial charge in [0.05, 0.1) is 6.67 Å². The van der Waals surface area contributed by atoms with Gasteiger partial charge in [-0.15, -0.1) is 0 Å². The Balaban J connectivity index is 2.62. The van der Waals surface area contributed by atoms with Crippen LogP contribution in [-0.2, 0) is 0 Å². The van der Waals surface area contributed by atoms with Crippen LogP contribution in [-0.4, -0.2) is 35.2 Å². The minimum Gasteiger partial charge on any atom is -0.357 e. The van der Waals surface area contributed by atoms with Crippen molar-refractivity contribution in [3.05, 3.63) is 5.28 Å². The molecule has 0 aromatic carbocycles. The highest BCUT2D eigenvalue weighted by Crippen LogP contribution is 2.08. The van der Waals surface area contributed by atoms with Crippen molar-refractivity contribution in [2.45, 2.75) is 6.42 Å². The van der Waals surface area contributed by atoms with Crippen LogP contribution in [0.15, 0.2) is 0 Å². The van der Waals surface area contributed by atoms with E-state index in [0.29, 0.717) is 24.9 Å². The molecule has 0 unspecified atom stereocenters. The highest BCUT2D eigenvalue weighted by molar-refractivity contribution is 6.28. The van der Waals surface area contributed by atoms with Gasteiger partial charge in [-0.05, 0) is 18.0 Å². The number of alkyl halides is 1. The lowest BCUT2D eigenvalue weighted by molar-refractivity contribution is 0.481. The second-order valence-electron chi connectivity index (χ2n) is 2.47. The zero-order valence-corrected chi connectivity index (χ0v) is 8.47. The van der Waals surface area contributed by atoms with Crippen LogP contribution >= 0.6 is 11.6 Å². The van der Waals surface area contributed by atoms with Crippen molar-refractivity contribution in [2.24, 2.45) is 0 Å². The Morgan fingerprint density at radius 2 is 2.00 bits per heavy atom. The molecule has 0 spiro atoms. The fourth-order valence-electron chi connectivity index (χ4n) is 0.808. The van der Waals surface area contributed by atoms with Crippen LogP contribution in [0.4, 0.5) is 16.3 Å². The molecule has 0 saturated carbocycles. The minimum absolute atomic E-state index is 0.104. The van der Waals surface area contributed by atoms with E-state index < -0.39 is 0 Å². The summed E-state index contributed by atoms with van der Waals surface area (Å²) in [7, 11) is 1.68. The second-order valence-corrected chi connectivity index (χ2v) is 2.81.